The third-order valence-corrected chi connectivity index (χ3v) is 2.64. The van der Waals surface area contributed by atoms with Crippen LogP contribution in [0, 0.1) is 5.92 Å². The Morgan fingerprint density at radius 1 is 1.46 bits per heavy atom. The van der Waals surface area contributed by atoms with Gasteiger partial charge in [-0.15, -0.1) is 0 Å². The molecule has 0 saturated carbocycles. The monoisotopic (exact) mass is 182 g/mol. The zero-order valence-corrected chi connectivity index (χ0v) is 8.87. The van der Waals surface area contributed by atoms with E-state index >= 15 is 0 Å². The van der Waals surface area contributed by atoms with E-state index in [4.69, 9.17) is 5.73 Å². The molecule has 1 rings (SSSR count). The van der Waals surface area contributed by atoms with E-state index in [0.29, 0.717) is 12.0 Å². The van der Waals surface area contributed by atoms with Gasteiger partial charge >= 0.3 is 0 Å². The lowest BCUT2D eigenvalue weighted by Crippen LogP contribution is -2.27. The molecule has 0 aliphatic heterocycles. The smallest absolute Gasteiger partial charge is 0.0229 e. The highest BCUT2D eigenvalue weighted by atomic mass is 15.1. The summed E-state index contributed by atoms with van der Waals surface area (Å²) in [6.07, 6.45) is 8.13. The average Bonchev–Trinajstić information content (AvgIpc) is 2.48. The molecule has 1 aliphatic carbocycles. The molecule has 0 fully saturated rings. The molecule has 0 aromatic rings. The Balaban J connectivity index is 2.14. The molecule has 2 heteroatoms. The molecule has 0 amide bonds. The summed E-state index contributed by atoms with van der Waals surface area (Å²) in [5.74, 6) is 0.692. The minimum Gasteiger partial charge on any atom is -0.324 e. The standard InChI is InChI=1S/C11H22N2/c1-3-4-7-13(2)9-10-5-6-11(12)8-10/h5-6,10-11H,3-4,7-9,12H2,1-2H3. The molecule has 2 atom stereocenters. The second-order valence-corrected chi connectivity index (χ2v) is 4.16. The molecule has 0 radical (unpaired) electrons. The summed E-state index contributed by atoms with van der Waals surface area (Å²) in [7, 11) is 2.20. The first kappa shape index (κ1) is 10.7. The van der Waals surface area contributed by atoms with Crippen LogP contribution in [0.3, 0.4) is 0 Å². The number of nitrogens with two attached hydrogens (primary N) is 1. The maximum absolute atomic E-state index is 5.80. The van der Waals surface area contributed by atoms with Crippen LogP contribution in [0.25, 0.3) is 0 Å². The van der Waals surface area contributed by atoms with Crippen LogP contribution in [-0.4, -0.2) is 31.1 Å². The third-order valence-electron chi connectivity index (χ3n) is 2.64. The Kier molecular flexibility index (Phi) is 4.46. The van der Waals surface area contributed by atoms with Crippen LogP contribution in [0.5, 0.6) is 0 Å². The van der Waals surface area contributed by atoms with Gasteiger partial charge in [0.05, 0.1) is 0 Å². The van der Waals surface area contributed by atoms with Gasteiger partial charge in [-0.1, -0.05) is 25.5 Å². The molecule has 0 aromatic carbocycles. The van der Waals surface area contributed by atoms with E-state index in [2.05, 4.69) is 31.0 Å². The Morgan fingerprint density at radius 2 is 2.23 bits per heavy atom. The lowest BCUT2D eigenvalue weighted by atomic mass is 10.1. The van der Waals surface area contributed by atoms with E-state index < -0.39 is 0 Å². The number of rotatable bonds is 5. The van der Waals surface area contributed by atoms with Crippen molar-refractivity contribution in [2.75, 3.05) is 20.1 Å². The molecule has 0 aromatic heterocycles. The fourth-order valence-electron chi connectivity index (χ4n) is 1.86. The lowest BCUT2D eigenvalue weighted by molar-refractivity contribution is 0.291. The van der Waals surface area contributed by atoms with Crippen molar-refractivity contribution in [3.63, 3.8) is 0 Å². The molecule has 0 bridgehead atoms. The van der Waals surface area contributed by atoms with Crippen LogP contribution in [0.1, 0.15) is 26.2 Å². The van der Waals surface area contributed by atoms with Gasteiger partial charge in [0.15, 0.2) is 0 Å². The van der Waals surface area contributed by atoms with Crippen molar-refractivity contribution in [2.45, 2.75) is 32.2 Å². The molecule has 2 N–H and O–H groups in total. The summed E-state index contributed by atoms with van der Waals surface area (Å²) in [6, 6.07) is 0.310. The first-order valence-corrected chi connectivity index (χ1v) is 5.34. The number of hydrogen-bond acceptors (Lipinski definition) is 2. The molecule has 0 spiro atoms. The molecule has 13 heavy (non-hydrogen) atoms. The van der Waals surface area contributed by atoms with Crippen molar-refractivity contribution in [3.8, 4) is 0 Å². The maximum atomic E-state index is 5.80. The van der Waals surface area contributed by atoms with Gasteiger partial charge in [0.2, 0.25) is 0 Å². The zero-order valence-electron chi connectivity index (χ0n) is 8.87. The van der Waals surface area contributed by atoms with Gasteiger partial charge < -0.3 is 10.6 Å². The topological polar surface area (TPSA) is 29.3 Å². The quantitative estimate of drug-likeness (QED) is 0.655. The highest BCUT2D eigenvalue weighted by Gasteiger charge is 2.16. The van der Waals surface area contributed by atoms with E-state index in [-0.39, 0.29) is 0 Å². The largest absolute Gasteiger partial charge is 0.324 e. The van der Waals surface area contributed by atoms with Crippen LogP contribution in [-0.2, 0) is 0 Å². The third kappa shape index (κ3) is 3.92. The van der Waals surface area contributed by atoms with Gasteiger partial charge in [-0.05, 0) is 32.4 Å². The molecule has 2 unspecified atom stereocenters. The molecule has 76 valence electrons. The highest BCUT2D eigenvalue weighted by molar-refractivity contribution is 5.05. The molecule has 2 nitrogen and oxygen atoms in total. The normalized spacial score (nSPS) is 27.4. The minimum atomic E-state index is 0.310. The molecule has 0 saturated heterocycles. The van der Waals surface area contributed by atoms with Crippen molar-refractivity contribution in [1.82, 2.24) is 4.90 Å². The number of hydrogen-bond donors (Lipinski definition) is 1. The first-order valence-electron chi connectivity index (χ1n) is 5.34. The Labute approximate surface area is 81.8 Å². The van der Waals surface area contributed by atoms with Gasteiger partial charge in [0.25, 0.3) is 0 Å². The van der Waals surface area contributed by atoms with Crippen molar-refractivity contribution in [1.29, 1.82) is 0 Å². The minimum absolute atomic E-state index is 0.310. The maximum Gasteiger partial charge on any atom is 0.0229 e. The van der Waals surface area contributed by atoms with Crippen LogP contribution < -0.4 is 5.73 Å². The summed E-state index contributed by atoms with van der Waals surface area (Å²) in [5.41, 5.74) is 5.80. The van der Waals surface area contributed by atoms with E-state index in [1.807, 2.05) is 0 Å². The van der Waals surface area contributed by atoms with Crippen molar-refractivity contribution in [2.24, 2.45) is 11.7 Å². The SMILES string of the molecule is CCCCN(C)CC1C=CC(N)C1. The van der Waals surface area contributed by atoms with Crippen molar-refractivity contribution < 1.29 is 0 Å². The van der Waals surface area contributed by atoms with Gasteiger partial charge in [-0.2, -0.15) is 0 Å². The lowest BCUT2D eigenvalue weighted by Gasteiger charge is -2.19. The van der Waals surface area contributed by atoms with Gasteiger partial charge in [0, 0.05) is 12.6 Å². The average molecular weight is 182 g/mol. The van der Waals surface area contributed by atoms with Gasteiger partial charge in [-0.25, -0.2) is 0 Å². The highest BCUT2D eigenvalue weighted by Crippen LogP contribution is 2.17. The Hall–Kier alpha value is -0.340. The van der Waals surface area contributed by atoms with E-state index in [1.54, 1.807) is 0 Å². The first-order chi connectivity index (χ1) is 6.22. The number of nitrogens with zero attached hydrogens (tertiary/aromatic N) is 1. The summed E-state index contributed by atoms with van der Waals surface area (Å²) < 4.78 is 0. The van der Waals surface area contributed by atoms with Crippen LogP contribution in [0.4, 0.5) is 0 Å². The van der Waals surface area contributed by atoms with Crippen LogP contribution in [0.2, 0.25) is 0 Å². The van der Waals surface area contributed by atoms with E-state index in [9.17, 15) is 0 Å². The zero-order chi connectivity index (χ0) is 9.68. The van der Waals surface area contributed by atoms with E-state index in [1.165, 1.54) is 25.9 Å². The summed E-state index contributed by atoms with van der Waals surface area (Å²) >= 11 is 0. The second-order valence-electron chi connectivity index (χ2n) is 4.16. The molecular formula is C11H22N2. The summed E-state index contributed by atoms with van der Waals surface area (Å²) in [4.78, 5) is 2.41. The fraction of sp³-hybridized carbons (Fsp3) is 0.818. The van der Waals surface area contributed by atoms with E-state index in [0.717, 1.165) is 6.42 Å². The number of unbranched alkanes of at least 4 members (excludes halogenated alkanes) is 1. The van der Waals surface area contributed by atoms with Crippen molar-refractivity contribution in [3.05, 3.63) is 12.2 Å². The Bertz CT molecular complexity index is 165. The van der Waals surface area contributed by atoms with Crippen LogP contribution in [0.15, 0.2) is 12.2 Å². The fourth-order valence-corrected chi connectivity index (χ4v) is 1.86. The van der Waals surface area contributed by atoms with Crippen LogP contribution >= 0.6 is 0 Å². The summed E-state index contributed by atoms with van der Waals surface area (Å²) in [5, 5.41) is 0. The van der Waals surface area contributed by atoms with Crippen molar-refractivity contribution >= 4 is 0 Å². The predicted molar refractivity (Wildman–Crippen MR) is 57.6 cm³/mol. The molecule has 1 aliphatic rings. The second kappa shape index (κ2) is 5.40. The predicted octanol–water partition coefficient (Wildman–Crippen LogP) is 1.62. The van der Waals surface area contributed by atoms with Gasteiger partial charge in [-0.3, -0.25) is 0 Å². The summed E-state index contributed by atoms with van der Waals surface area (Å²) in [6.45, 7) is 4.62. The molecule has 0 heterocycles. The molecular weight excluding hydrogens is 160 g/mol. The van der Waals surface area contributed by atoms with Gasteiger partial charge in [0.1, 0.15) is 0 Å². The Morgan fingerprint density at radius 3 is 2.77 bits per heavy atom.